The smallest absolute Gasteiger partial charge is 0.301 e. The van der Waals surface area contributed by atoms with Gasteiger partial charge in [0.1, 0.15) is 34.5 Å². The fourth-order valence-electron chi connectivity index (χ4n) is 4.13. The Labute approximate surface area is 186 Å². The number of ether oxygens (including phenoxy) is 1. The quantitative estimate of drug-likeness (QED) is 0.368. The van der Waals surface area contributed by atoms with Crippen LogP contribution < -0.4 is 9.64 Å². The average molecular weight is 451 g/mol. The third kappa shape index (κ3) is 3.16. The molecule has 1 aromatic heterocycles. The number of rotatable bonds is 3. The van der Waals surface area contributed by atoms with E-state index in [-0.39, 0.29) is 28.1 Å². The highest BCUT2D eigenvalue weighted by Crippen LogP contribution is 2.44. The second-order valence-electron chi connectivity index (χ2n) is 7.75. The summed E-state index contributed by atoms with van der Waals surface area (Å²) in [6.45, 7) is 3.65. The number of fused-ring (bicyclic) bond motifs is 1. The number of nitrogens with zero attached hydrogens (tertiary/aromatic N) is 3. The highest BCUT2D eigenvalue weighted by atomic mass is 32.1. The zero-order valence-electron chi connectivity index (χ0n) is 17.2. The number of aliphatic hydroxyl groups is 1. The molecule has 9 heteroatoms. The predicted molar refractivity (Wildman–Crippen MR) is 116 cm³/mol. The number of carbonyl (C=O) groups is 2. The Morgan fingerprint density at radius 1 is 1.22 bits per heavy atom. The van der Waals surface area contributed by atoms with E-state index in [0.717, 1.165) is 21.8 Å². The van der Waals surface area contributed by atoms with Crippen LogP contribution in [0.3, 0.4) is 0 Å². The normalized spacial score (nSPS) is 21.7. The molecule has 1 fully saturated rings. The molecule has 1 amide bonds. The van der Waals surface area contributed by atoms with Crippen molar-refractivity contribution in [3.63, 3.8) is 0 Å². The van der Waals surface area contributed by atoms with E-state index in [1.807, 2.05) is 6.92 Å². The average Bonchev–Trinajstić information content (AvgIpc) is 3.43. The van der Waals surface area contributed by atoms with Crippen LogP contribution in [-0.2, 0) is 16.0 Å². The van der Waals surface area contributed by atoms with Gasteiger partial charge in [0.2, 0.25) is 5.13 Å². The second-order valence-corrected chi connectivity index (χ2v) is 8.91. The molecular weight excluding hydrogens is 433 g/mol. The van der Waals surface area contributed by atoms with Crippen LogP contribution in [0.4, 0.5) is 9.52 Å². The van der Waals surface area contributed by atoms with Crippen molar-refractivity contribution in [2.24, 2.45) is 0 Å². The number of ketones is 1. The van der Waals surface area contributed by atoms with Gasteiger partial charge in [0.05, 0.1) is 5.57 Å². The standard InChI is InChI=1S/C23H18FN3O4S/c1-11-9-14-10-13(7-8-17(14)31-11)20(28)18-19(15-5-3-4-6-16(15)24)27(22(30)21(18)29)23-26-25-12(2)32-23/h3-8,10-11,19,28H,9H2,1-2H3/t11-,19-/m1/s1. The Balaban J connectivity index is 1.71. The second kappa shape index (κ2) is 7.52. The molecule has 162 valence electrons. The molecule has 3 aromatic rings. The van der Waals surface area contributed by atoms with Crippen molar-refractivity contribution in [3.8, 4) is 5.75 Å². The number of aryl methyl sites for hydroxylation is 1. The van der Waals surface area contributed by atoms with Gasteiger partial charge < -0.3 is 9.84 Å². The molecule has 2 aromatic carbocycles. The molecule has 7 nitrogen and oxygen atoms in total. The fraction of sp³-hybridized carbons (Fsp3) is 0.217. The summed E-state index contributed by atoms with van der Waals surface area (Å²) in [5, 5.41) is 19.8. The molecule has 2 aliphatic rings. The van der Waals surface area contributed by atoms with E-state index in [1.165, 1.54) is 18.2 Å². The number of anilines is 1. The van der Waals surface area contributed by atoms with Crippen molar-refractivity contribution in [1.29, 1.82) is 0 Å². The van der Waals surface area contributed by atoms with E-state index in [9.17, 15) is 19.1 Å². The number of carbonyl (C=O) groups excluding carboxylic acids is 2. The summed E-state index contributed by atoms with van der Waals surface area (Å²) in [6.07, 6.45) is 0.665. The lowest BCUT2D eigenvalue weighted by molar-refractivity contribution is -0.132. The van der Waals surface area contributed by atoms with E-state index in [4.69, 9.17) is 4.74 Å². The highest BCUT2D eigenvalue weighted by molar-refractivity contribution is 7.15. The van der Waals surface area contributed by atoms with E-state index in [0.29, 0.717) is 22.7 Å². The van der Waals surface area contributed by atoms with Gasteiger partial charge in [-0.1, -0.05) is 29.5 Å². The molecule has 0 saturated carbocycles. The number of aromatic nitrogens is 2. The minimum Gasteiger partial charge on any atom is -0.507 e. The number of amides is 1. The molecule has 3 heterocycles. The lowest BCUT2D eigenvalue weighted by Gasteiger charge is -2.22. The number of aliphatic hydroxyl groups excluding tert-OH is 1. The molecule has 0 radical (unpaired) electrons. The van der Waals surface area contributed by atoms with E-state index >= 15 is 0 Å². The predicted octanol–water partition coefficient (Wildman–Crippen LogP) is 3.94. The van der Waals surface area contributed by atoms with Gasteiger partial charge in [-0.2, -0.15) is 0 Å². The Kier molecular flexibility index (Phi) is 4.78. The maximum absolute atomic E-state index is 14.8. The SMILES string of the molecule is Cc1nnc(N2C(=O)C(=O)C(=C(O)c3ccc4c(c3)C[C@@H](C)O4)[C@H]2c2ccccc2F)s1. The van der Waals surface area contributed by atoms with Gasteiger partial charge in [-0.15, -0.1) is 10.2 Å². The summed E-state index contributed by atoms with van der Waals surface area (Å²) in [6, 6.07) is 9.75. The molecule has 2 atom stereocenters. The number of hydrogen-bond acceptors (Lipinski definition) is 7. The number of halogens is 1. The lowest BCUT2D eigenvalue weighted by atomic mass is 9.94. The van der Waals surface area contributed by atoms with Gasteiger partial charge in [-0.3, -0.25) is 14.5 Å². The Morgan fingerprint density at radius 3 is 2.72 bits per heavy atom. The van der Waals surface area contributed by atoms with Crippen LogP contribution in [0.25, 0.3) is 5.76 Å². The summed E-state index contributed by atoms with van der Waals surface area (Å²) in [7, 11) is 0. The summed E-state index contributed by atoms with van der Waals surface area (Å²) >= 11 is 1.11. The van der Waals surface area contributed by atoms with Crippen molar-refractivity contribution in [1.82, 2.24) is 10.2 Å². The van der Waals surface area contributed by atoms with Crippen LogP contribution >= 0.6 is 11.3 Å². The third-order valence-electron chi connectivity index (χ3n) is 5.54. The van der Waals surface area contributed by atoms with Gasteiger partial charge in [0, 0.05) is 17.5 Å². The first-order valence-corrected chi connectivity index (χ1v) is 10.8. The zero-order chi connectivity index (χ0) is 22.6. The van der Waals surface area contributed by atoms with Crippen LogP contribution in [-0.4, -0.2) is 33.1 Å². The molecular formula is C23H18FN3O4S. The van der Waals surface area contributed by atoms with Crippen LogP contribution in [0.1, 0.15) is 34.7 Å². The van der Waals surface area contributed by atoms with E-state index in [1.54, 1.807) is 31.2 Å². The molecule has 0 unspecified atom stereocenters. The van der Waals surface area contributed by atoms with Crippen molar-refractivity contribution in [2.45, 2.75) is 32.4 Å². The third-order valence-corrected chi connectivity index (χ3v) is 6.37. The number of benzene rings is 2. The zero-order valence-corrected chi connectivity index (χ0v) is 18.0. The molecule has 1 saturated heterocycles. The van der Waals surface area contributed by atoms with E-state index in [2.05, 4.69) is 10.2 Å². The van der Waals surface area contributed by atoms with Crippen LogP contribution in [0, 0.1) is 12.7 Å². The summed E-state index contributed by atoms with van der Waals surface area (Å²) < 4.78 is 20.5. The minimum absolute atomic E-state index is 0.00651. The Bertz CT molecular complexity index is 1300. The van der Waals surface area contributed by atoms with Gasteiger partial charge in [0.15, 0.2) is 0 Å². The van der Waals surface area contributed by atoms with Crippen molar-refractivity contribution in [3.05, 3.63) is 75.6 Å². The monoisotopic (exact) mass is 451 g/mol. The first-order valence-electron chi connectivity index (χ1n) is 10.0. The topological polar surface area (TPSA) is 92.6 Å². The molecule has 2 aliphatic heterocycles. The van der Waals surface area contributed by atoms with Crippen molar-refractivity contribution in [2.75, 3.05) is 4.90 Å². The maximum atomic E-state index is 14.8. The first kappa shape index (κ1) is 20.3. The Hall–Kier alpha value is -3.59. The molecule has 0 spiro atoms. The van der Waals surface area contributed by atoms with Crippen LogP contribution in [0.2, 0.25) is 0 Å². The summed E-state index contributed by atoms with van der Waals surface area (Å²) in [5.74, 6) is -2.07. The fourth-order valence-corrected chi connectivity index (χ4v) is 4.84. The van der Waals surface area contributed by atoms with Gasteiger partial charge in [-0.05, 0) is 43.7 Å². The molecule has 0 aliphatic carbocycles. The molecule has 5 rings (SSSR count). The van der Waals surface area contributed by atoms with Crippen LogP contribution in [0.5, 0.6) is 5.75 Å². The Morgan fingerprint density at radius 2 is 2.00 bits per heavy atom. The lowest BCUT2D eigenvalue weighted by Crippen LogP contribution is -2.29. The van der Waals surface area contributed by atoms with Gasteiger partial charge in [0.25, 0.3) is 5.78 Å². The largest absolute Gasteiger partial charge is 0.507 e. The van der Waals surface area contributed by atoms with Crippen molar-refractivity contribution >= 4 is 33.9 Å². The molecule has 0 bridgehead atoms. The summed E-state index contributed by atoms with van der Waals surface area (Å²) in [4.78, 5) is 27.2. The minimum atomic E-state index is -1.17. The summed E-state index contributed by atoms with van der Waals surface area (Å²) in [5.41, 5.74) is 1.13. The van der Waals surface area contributed by atoms with Gasteiger partial charge in [-0.25, -0.2) is 4.39 Å². The number of hydrogen-bond donors (Lipinski definition) is 1. The number of Topliss-reactive ketones (excluding diaryl/α,β-unsaturated/α-hetero) is 1. The highest BCUT2D eigenvalue weighted by Gasteiger charge is 2.49. The van der Waals surface area contributed by atoms with Gasteiger partial charge >= 0.3 is 5.91 Å². The van der Waals surface area contributed by atoms with E-state index < -0.39 is 23.5 Å². The molecule has 32 heavy (non-hydrogen) atoms. The molecule has 1 N–H and O–H groups in total. The maximum Gasteiger partial charge on any atom is 0.301 e. The van der Waals surface area contributed by atoms with Crippen molar-refractivity contribution < 1.29 is 23.8 Å². The first-order chi connectivity index (χ1) is 15.3. The van der Waals surface area contributed by atoms with Crippen LogP contribution in [0.15, 0.2) is 48.0 Å².